The zero-order valence-electron chi connectivity index (χ0n) is 17.5. The Morgan fingerprint density at radius 3 is 2.19 bits per heavy atom. The van der Waals surface area contributed by atoms with Crippen molar-refractivity contribution in [3.63, 3.8) is 0 Å². The molecule has 4 rings (SSSR count). The summed E-state index contributed by atoms with van der Waals surface area (Å²) in [5.41, 5.74) is 2.31. The van der Waals surface area contributed by atoms with Crippen molar-refractivity contribution >= 4 is 16.7 Å². The smallest absolute Gasteiger partial charge is 0.255 e. The highest BCUT2D eigenvalue weighted by Gasteiger charge is 2.15. The van der Waals surface area contributed by atoms with Crippen LogP contribution in [0.3, 0.4) is 0 Å². The van der Waals surface area contributed by atoms with Crippen LogP contribution in [0, 0.1) is 0 Å². The molecule has 2 unspecified atom stereocenters. The van der Waals surface area contributed by atoms with Crippen LogP contribution < -0.4 is 15.6 Å². The predicted molar refractivity (Wildman–Crippen MR) is 122 cm³/mol. The molecule has 1 aromatic heterocycles. The highest BCUT2D eigenvalue weighted by molar-refractivity contribution is 6.06. The van der Waals surface area contributed by atoms with E-state index in [1.54, 1.807) is 18.2 Å². The number of nitrogens with one attached hydrogen (secondary N) is 2. The summed E-state index contributed by atoms with van der Waals surface area (Å²) in [7, 11) is 0. The number of carbonyl (C=O) groups excluding carboxylic acids is 1. The van der Waals surface area contributed by atoms with E-state index in [-0.39, 0.29) is 23.6 Å². The summed E-state index contributed by atoms with van der Waals surface area (Å²) < 4.78 is 6.02. The van der Waals surface area contributed by atoms with E-state index in [9.17, 15) is 9.59 Å². The van der Waals surface area contributed by atoms with Crippen molar-refractivity contribution in [2.45, 2.75) is 26.0 Å². The summed E-state index contributed by atoms with van der Waals surface area (Å²) >= 11 is 0. The molecular formula is C26H24N2O3. The van der Waals surface area contributed by atoms with Crippen molar-refractivity contribution in [2.24, 2.45) is 0 Å². The molecule has 0 spiro atoms. The molecule has 0 aliphatic carbocycles. The maximum atomic E-state index is 12.9. The molecule has 5 heteroatoms. The van der Waals surface area contributed by atoms with Gasteiger partial charge in [0.1, 0.15) is 11.9 Å². The topological polar surface area (TPSA) is 71.2 Å². The first kappa shape index (κ1) is 20.4. The highest BCUT2D eigenvalue weighted by Crippen LogP contribution is 2.24. The molecule has 1 heterocycles. The van der Waals surface area contributed by atoms with E-state index in [0.29, 0.717) is 16.3 Å². The van der Waals surface area contributed by atoms with Crippen LogP contribution in [0.2, 0.25) is 0 Å². The third kappa shape index (κ3) is 4.51. The number of carbonyl (C=O) groups is 1. The van der Waals surface area contributed by atoms with E-state index in [4.69, 9.17) is 4.74 Å². The van der Waals surface area contributed by atoms with Crippen LogP contribution in [0.5, 0.6) is 5.75 Å². The Morgan fingerprint density at radius 2 is 1.48 bits per heavy atom. The van der Waals surface area contributed by atoms with Gasteiger partial charge in [-0.1, -0.05) is 60.7 Å². The number of aromatic nitrogens is 1. The monoisotopic (exact) mass is 412 g/mol. The molecule has 31 heavy (non-hydrogen) atoms. The predicted octanol–water partition coefficient (Wildman–Crippen LogP) is 5.16. The van der Waals surface area contributed by atoms with E-state index < -0.39 is 0 Å². The molecule has 2 atom stereocenters. The number of ether oxygens (including phenoxy) is 1. The number of benzene rings is 3. The van der Waals surface area contributed by atoms with Gasteiger partial charge in [-0.3, -0.25) is 9.59 Å². The van der Waals surface area contributed by atoms with Crippen molar-refractivity contribution in [1.82, 2.24) is 10.3 Å². The second-order valence-electron chi connectivity index (χ2n) is 7.51. The molecule has 3 aromatic carbocycles. The van der Waals surface area contributed by atoms with Crippen LogP contribution >= 0.6 is 0 Å². The first-order chi connectivity index (χ1) is 15.0. The quantitative estimate of drug-likeness (QED) is 0.460. The lowest BCUT2D eigenvalue weighted by atomic mass is 10.1. The molecule has 0 fully saturated rings. The van der Waals surface area contributed by atoms with Gasteiger partial charge in [-0.05, 0) is 43.2 Å². The number of pyridine rings is 1. The first-order valence-corrected chi connectivity index (χ1v) is 10.3. The molecular weight excluding hydrogens is 388 g/mol. The van der Waals surface area contributed by atoms with E-state index in [1.807, 2.05) is 74.5 Å². The molecule has 0 aliphatic rings. The van der Waals surface area contributed by atoms with E-state index in [2.05, 4.69) is 10.3 Å². The summed E-state index contributed by atoms with van der Waals surface area (Å²) in [6.07, 6.45) is 1.41. The fourth-order valence-electron chi connectivity index (χ4n) is 3.59. The third-order valence-electron chi connectivity index (χ3n) is 5.36. The van der Waals surface area contributed by atoms with Gasteiger partial charge in [0, 0.05) is 17.0 Å². The number of amides is 1. The van der Waals surface area contributed by atoms with Gasteiger partial charge < -0.3 is 15.0 Å². The van der Waals surface area contributed by atoms with E-state index in [1.165, 1.54) is 6.20 Å². The SMILES string of the molecule is CC(NC(=O)c1c[nH]c(=O)c2ccccc12)c1ccc(OC(C)c2ccccc2)cc1. The Kier molecular flexibility index (Phi) is 5.85. The molecule has 0 radical (unpaired) electrons. The van der Waals surface area contributed by atoms with Crippen molar-refractivity contribution in [1.29, 1.82) is 0 Å². The molecule has 2 N–H and O–H groups in total. The summed E-state index contributed by atoms with van der Waals surface area (Å²) in [4.78, 5) is 27.5. The standard InChI is InChI=1S/C26H24N2O3/c1-17(28-26(30)24-16-27-25(29)23-11-7-6-10-22(23)24)19-12-14-21(15-13-19)31-18(2)20-8-4-3-5-9-20/h3-18H,1-2H3,(H,27,29)(H,28,30). The van der Waals surface area contributed by atoms with Gasteiger partial charge in [0.2, 0.25) is 0 Å². The second kappa shape index (κ2) is 8.88. The van der Waals surface area contributed by atoms with Crippen molar-refractivity contribution in [3.8, 4) is 5.75 Å². The van der Waals surface area contributed by atoms with Gasteiger partial charge in [0.25, 0.3) is 11.5 Å². The Morgan fingerprint density at radius 1 is 0.839 bits per heavy atom. The second-order valence-corrected chi connectivity index (χ2v) is 7.51. The number of fused-ring (bicyclic) bond motifs is 1. The zero-order chi connectivity index (χ0) is 21.8. The summed E-state index contributed by atoms with van der Waals surface area (Å²) in [5, 5.41) is 4.14. The first-order valence-electron chi connectivity index (χ1n) is 10.3. The minimum absolute atomic E-state index is 0.0577. The lowest BCUT2D eigenvalue weighted by Crippen LogP contribution is -2.27. The largest absolute Gasteiger partial charge is 0.486 e. The lowest BCUT2D eigenvalue weighted by Gasteiger charge is -2.18. The van der Waals surface area contributed by atoms with Crippen LogP contribution in [0.15, 0.2) is 89.9 Å². The number of rotatable bonds is 6. The fourth-order valence-corrected chi connectivity index (χ4v) is 3.59. The minimum Gasteiger partial charge on any atom is -0.486 e. The van der Waals surface area contributed by atoms with Gasteiger partial charge in [-0.25, -0.2) is 0 Å². The molecule has 0 saturated carbocycles. The molecule has 5 nitrogen and oxygen atoms in total. The molecule has 0 saturated heterocycles. The number of H-pyrrole nitrogens is 1. The van der Waals surface area contributed by atoms with Gasteiger partial charge in [0.05, 0.1) is 11.6 Å². The number of aromatic amines is 1. The Bertz CT molecular complexity index is 1250. The number of hydrogen-bond donors (Lipinski definition) is 2. The van der Waals surface area contributed by atoms with Crippen molar-refractivity contribution < 1.29 is 9.53 Å². The van der Waals surface area contributed by atoms with Gasteiger partial charge in [0.15, 0.2) is 0 Å². The average Bonchev–Trinajstić information content (AvgIpc) is 2.80. The molecule has 4 aromatic rings. The maximum absolute atomic E-state index is 12.9. The van der Waals surface area contributed by atoms with Crippen LogP contribution in [0.25, 0.3) is 10.8 Å². The third-order valence-corrected chi connectivity index (χ3v) is 5.36. The minimum atomic E-state index is -0.238. The Balaban J connectivity index is 1.45. The summed E-state index contributed by atoms with van der Waals surface area (Å²) in [5.74, 6) is 0.531. The summed E-state index contributed by atoms with van der Waals surface area (Å²) in [6.45, 7) is 3.94. The summed E-state index contributed by atoms with van der Waals surface area (Å²) in [6, 6.07) is 24.6. The molecule has 0 bridgehead atoms. The maximum Gasteiger partial charge on any atom is 0.255 e. The molecule has 156 valence electrons. The average molecular weight is 412 g/mol. The van der Waals surface area contributed by atoms with Crippen LogP contribution in [-0.4, -0.2) is 10.9 Å². The van der Waals surface area contributed by atoms with Gasteiger partial charge >= 0.3 is 0 Å². The van der Waals surface area contributed by atoms with Crippen molar-refractivity contribution in [2.75, 3.05) is 0 Å². The molecule has 1 amide bonds. The normalized spacial score (nSPS) is 12.8. The number of hydrogen-bond acceptors (Lipinski definition) is 3. The fraction of sp³-hybridized carbons (Fsp3) is 0.154. The van der Waals surface area contributed by atoms with Crippen molar-refractivity contribution in [3.05, 3.63) is 112 Å². The van der Waals surface area contributed by atoms with Gasteiger partial charge in [-0.2, -0.15) is 0 Å². The Labute approximate surface area is 180 Å². The molecule has 0 aliphatic heterocycles. The van der Waals surface area contributed by atoms with Gasteiger partial charge in [-0.15, -0.1) is 0 Å². The Hall–Kier alpha value is -3.86. The van der Waals surface area contributed by atoms with E-state index >= 15 is 0 Å². The lowest BCUT2D eigenvalue weighted by molar-refractivity contribution is 0.0941. The van der Waals surface area contributed by atoms with Crippen LogP contribution in [0.1, 0.15) is 47.5 Å². The van der Waals surface area contributed by atoms with Crippen LogP contribution in [0.4, 0.5) is 0 Å². The highest BCUT2D eigenvalue weighted by atomic mass is 16.5. The zero-order valence-corrected chi connectivity index (χ0v) is 17.5. The van der Waals surface area contributed by atoms with E-state index in [0.717, 1.165) is 16.9 Å². The van der Waals surface area contributed by atoms with Crippen LogP contribution in [-0.2, 0) is 0 Å².